The van der Waals surface area contributed by atoms with Crippen LogP contribution >= 0.6 is 11.6 Å². The maximum absolute atomic E-state index is 15.3. The molecule has 2 fully saturated rings. The first kappa shape index (κ1) is 22.2. The minimum atomic E-state index is -0.792. The first-order valence-corrected chi connectivity index (χ1v) is 11.5. The maximum atomic E-state index is 15.3. The van der Waals surface area contributed by atoms with Gasteiger partial charge in [-0.05, 0) is 62.3 Å². The first-order chi connectivity index (χ1) is 14.8. The molecule has 0 spiro atoms. The Morgan fingerprint density at radius 1 is 1.42 bits per heavy atom. The van der Waals surface area contributed by atoms with Crippen molar-refractivity contribution in [1.82, 2.24) is 4.90 Å². The summed E-state index contributed by atoms with van der Waals surface area (Å²) in [6.07, 6.45) is 5.29. The quantitative estimate of drug-likeness (QED) is 0.601. The van der Waals surface area contributed by atoms with Crippen LogP contribution < -0.4 is 5.73 Å². The molecule has 1 saturated heterocycles. The van der Waals surface area contributed by atoms with Crippen LogP contribution in [0.1, 0.15) is 57.9 Å². The fraction of sp³-hybridized carbons (Fsp3) is 0.520. The molecule has 2 N–H and O–H groups in total. The van der Waals surface area contributed by atoms with E-state index in [9.17, 15) is 4.79 Å². The van der Waals surface area contributed by atoms with Crippen molar-refractivity contribution in [2.45, 2.75) is 70.0 Å². The van der Waals surface area contributed by atoms with Crippen molar-refractivity contribution in [2.75, 3.05) is 6.54 Å². The number of Topliss-reactive ketones (excluding diaryl/α,β-unsaturated/α-hetero) is 1. The first-order valence-electron chi connectivity index (χ1n) is 11.1. The van der Waals surface area contributed by atoms with Crippen molar-refractivity contribution in [3.8, 4) is 0 Å². The second kappa shape index (κ2) is 8.18. The van der Waals surface area contributed by atoms with Gasteiger partial charge in [-0.1, -0.05) is 37.2 Å². The highest BCUT2D eigenvalue weighted by molar-refractivity contribution is 6.30. The summed E-state index contributed by atoms with van der Waals surface area (Å²) in [5.74, 6) is -0.175. The lowest BCUT2D eigenvalue weighted by atomic mass is 9.73. The summed E-state index contributed by atoms with van der Waals surface area (Å²) in [6.45, 7) is 10.2. The van der Waals surface area contributed by atoms with E-state index in [1.807, 2.05) is 13.8 Å². The number of carbonyl (C=O) groups is 1. The van der Waals surface area contributed by atoms with Crippen LogP contribution in [0.3, 0.4) is 0 Å². The minimum absolute atomic E-state index is 0.0374. The van der Waals surface area contributed by atoms with Gasteiger partial charge in [0, 0.05) is 36.3 Å². The standard InChI is InChI=1S/C25H31ClFN3O/c1-5-19(28)14(3)20-12-21-24(29-20)22(17-8-7-9-18(26)23(17)27)25(6-2,15(4)31)30(21)13-16-10-11-16/h5,7-9,16,21-22,24H,1,6,10-13,28H2,2-4H3/t21-,22-,24+,25-/m0/s1. The number of ketones is 1. The summed E-state index contributed by atoms with van der Waals surface area (Å²) in [6, 6.07) is 4.90. The van der Waals surface area contributed by atoms with E-state index in [1.165, 1.54) is 12.8 Å². The SMILES string of the molecule is C=CC(N)=C(C)C1=N[C@@H]2[C@H](C1)N(CC1CC1)[C@@](CC)(C(C)=O)[C@H]2c1cccc(Cl)c1F. The van der Waals surface area contributed by atoms with Crippen LogP contribution in [0, 0.1) is 11.7 Å². The number of aliphatic imine (C=N–C) groups is 1. The van der Waals surface area contributed by atoms with Crippen LogP contribution in [0.25, 0.3) is 0 Å². The van der Waals surface area contributed by atoms with Gasteiger partial charge in [-0.2, -0.15) is 0 Å². The summed E-state index contributed by atoms with van der Waals surface area (Å²) >= 11 is 6.18. The molecule has 2 heterocycles. The van der Waals surface area contributed by atoms with Gasteiger partial charge in [0.05, 0.1) is 16.6 Å². The van der Waals surface area contributed by atoms with Crippen LogP contribution in [-0.4, -0.2) is 40.6 Å². The van der Waals surface area contributed by atoms with E-state index in [-0.39, 0.29) is 22.9 Å². The molecule has 2 aliphatic heterocycles. The molecular weight excluding hydrogens is 413 g/mol. The van der Waals surface area contributed by atoms with Crippen LogP contribution in [-0.2, 0) is 4.79 Å². The second-order valence-corrected chi connectivity index (χ2v) is 9.58. The van der Waals surface area contributed by atoms with Crippen LogP contribution in [0.15, 0.2) is 47.1 Å². The number of benzene rings is 1. The Kier molecular flexibility index (Phi) is 5.86. The fourth-order valence-corrected chi connectivity index (χ4v) is 5.91. The summed E-state index contributed by atoms with van der Waals surface area (Å²) in [7, 11) is 0. The minimum Gasteiger partial charge on any atom is -0.398 e. The predicted octanol–water partition coefficient (Wildman–Crippen LogP) is 5.03. The van der Waals surface area contributed by atoms with E-state index in [4.69, 9.17) is 22.3 Å². The number of likely N-dealkylation sites (tertiary alicyclic amines) is 1. The number of hydrogen-bond acceptors (Lipinski definition) is 4. The average molecular weight is 444 g/mol. The normalized spacial score (nSPS) is 31.3. The molecule has 0 aromatic heterocycles. The van der Waals surface area contributed by atoms with E-state index in [1.54, 1.807) is 31.2 Å². The van der Waals surface area contributed by atoms with Gasteiger partial charge < -0.3 is 5.73 Å². The number of nitrogens with two attached hydrogens (primary N) is 1. The molecule has 6 heteroatoms. The molecule has 4 rings (SSSR count). The van der Waals surface area contributed by atoms with Crippen molar-refractivity contribution in [3.05, 3.63) is 58.5 Å². The number of fused-ring (bicyclic) bond motifs is 1. The highest BCUT2D eigenvalue weighted by Crippen LogP contribution is 2.54. The molecule has 1 aromatic carbocycles. The zero-order chi connectivity index (χ0) is 22.5. The lowest BCUT2D eigenvalue weighted by Gasteiger charge is -2.42. The van der Waals surface area contributed by atoms with Crippen molar-refractivity contribution in [3.63, 3.8) is 0 Å². The molecule has 0 bridgehead atoms. The average Bonchev–Trinajstić information content (AvgIpc) is 3.41. The van der Waals surface area contributed by atoms with E-state index >= 15 is 4.39 Å². The fourth-order valence-electron chi connectivity index (χ4n) is 5.73. The molecule has 1 aromatic rings. The van der Waals surface area contributed by atoms with Crippen LogP contribution in [0.4, 0.5) is 4.39 Å². The van der Waals surface area contributed by atoms with E-state index in [2.05, 4.69) is 11.5 Å². The van der Waals surface area contributed by atoms with Crippen molar-refractivity contribution < 1.29 is 9.18 Å². The van der Waals surface area contributed by atoms with Gasteiger partial charge in [0.2, 0.25) is 0 Å². The van der Waals surface area contributed by atoms with E-state index in [0.29, 0.717) is 30.0 Å². The summed E-state index contributed by atoms with van der Waals surface area (Å²) in [5.41, 5.74) is 8.26. The zero-order valence-electron chi connectivity index (χ0n) is 18.5. The number of halogens is 2. The molecule has 4 atom stereocenters. The molecule has 4 nitrogen and oxygen atoms in total. The van der Waals surface area contributed by atoms with Gasteiger partial charge in [-0.15, -0.1) is 0 Å². The molecule has 31 heavy (non-hydrogen) atoms. The summed E-state index contributed by atoms with van der Waals surface area (Å²) < 4.78 is 15.3. The third kappa shape index (κ3) is 3.46. The lowest BCUT2D eigenvalue weighted by molar-refractivity contribution is -0.129. The second-order valence-electron chi connectivity index (χ2n) is 9.17. The summed E-state index contributed by atoms with van der Waals surface area (Å²) in [5, 5.41) is 0.0810. The molecule has 0 unspecified atom stereocenters. The molecular formula is C25H31ClFN3O. The van der Waals surface area contributed by atoms with E-state index < -0.39 is 17.3 Å². The highest BCUT2D eigenvalue weighted by Gasteiger charge is 2.63. The van der Waals surface area contributed by atoms with Crippen LogP contribution in [0.2, 0.25) is 5.02 Å². The topological polar surface area (TPSA) is 58.7 Å². The highest BCUT2D eigenvalue weighted by atomic mass is 35.5. The Hall–Kier alpha value is -1.98. The molecule has 166 valence electrons. The van der Waals surface area contributed by atoms with Gasteiger partial charge >= 0.3 is 0 Å². The van der Waals surface area contributed by atoms with Crippen molar-refractivity contribution >= 4 is 23.1 Å². The Labute approximate surface area is 189 Å². The molecule has 0 amide bonds. The van der Waals surface area contributed by atoms with Gasteiger partial charge in [0.15, 0.2) is 5.78 Å². The van der Waals surface area contributed by atoms with Gasteiger partial charge in [0.25, 0.3) is 0 Å². The Morgan fingerprint density at radius 3 is 2.71 bits per heavy atom. The Balaban J connectivity index is 1.91. The van der Waals surface area contributed by atoms with Gasteiger partial charge in [0.1, 0.15) is 5.82 Å². The molecule has 0 radical (unpaired) electrons. The van der Waals surface area contributed by atoms with Crippen LogP contribution in [0.5, 0.6) is 0 Å². The number of nitrogens with zero attached hydrogens (tertiary/aromatic N) is 2. The predicted molar refractivity (Wildman–Crippen MR) is 124 cm³/mol. The number of rotatable bonds is 7. The maximum Gasteiger partial charge on any atom is 0.150 e. The third-order valence-electron chi connectivity index (χ3n) is 7.57. The van der Waals surface area contributed by atoms with Gasteiger partial charge in [-0.3, -0.25) is 14.7 Å². The van der Waals surface area contributed by atoms with Crippen molar-refractivity contribution in [2.24, 2.45) is 16.6 Å². The van der Waals surface area contributed by atoms with Gasteiger partial charge in [-0.25, -0.2) is 4.39 Å². The largest absolute Gasteiger partial charge is 0.398 e. The number of hydrogen-bond donors (Lipinski definition) is 1. The zero-order valence-corrected chi connectivity index (χ0v) is 19.3. The molecule has 1 aliphatic carbocycles. The lowest BCUT2D eigenvalue weighted by Crippen LogP contribution is -2.55. The monoisotopic (exact) mass is 443 g/mol. The number of carbonyl (C=O) groups excluding carboxylic acids is 1. The Morgan fingerprint density at radius 2 is 2.13 bits per heavy atom. The number of allylic oxidation sites excluding steroid dienone is 2. The molecule has 1 saturated carbocycles. The Bertz CT molecular complexity index is 983. The third-order valence-corrected chi connectivity index (χ3v) is 7.87. The van der Waals surface area contributed by atoms with E-state index in [0.717, 1.165) is 17.8 Å². The molecule has 3 aliphatic rings. The smallest absolute Gasteiger partial charge is 0.150 e. The summed E-state index contributed by atoms with van der Waals surface area (Å²) in [4.78, 5) is 20.7. The van der Waals surface area contributed by atoms with Crippen molar-refractivity contribution in [1.29, 1.82) is 0 Å².